The van der Waals surface area contributed by atoms with Crippen LogP contribution in [0.1, 0.15) is 37.6 Å². The molecular weight excluding hydrogens is 170 g/mol. The monoisotopic (exact) mass is 185 g/mol. The van der Waals surface area contributed by atoms with Crippen molar-refractivity contribution >= 4 is 11.3 Å². The van der Waals surface area contributed by atoms with Gasteiger partial charge in [-0.05, 0) is 20.3 Å². The van der Waals surface area contributed by atoms with E-state index in [1.807, 2.05) is 13.8 Å². The van der Waals surface area contributed by atoms with E-state index in [4.69, 9.17) is 4.74 Å². The Balaban J connectivity index is 2.61. The zero-order valence-electron chi connectivity index (χ0n) is 7.83. The van der Waals surface area contributed by atoms with Crippen LogP contribution in [0.5, 0.6) is 0 Å². The maximum absolute atomic E-state index is 5.43. The van der Waals surface area contributed by atoms with Gasteiger partial charge < -0.3 is 4.74 Å². The first-order chi connectivity index (χ1) is 5.77. The fourth-order valence-corrected chi connectivity index (χ4v) is 1.90. The summed E-state index contributed by atoms with van der Waals surface area (Å²) >= 11 is 1.69. The van der Waals surface area contributed by atoms with Crippen LogP contribution in [-0.2, 0) is 11.2 Å². The Hall–Kier alpha value is -0.410. The maximum atomic E-state index is 5.43. The summed E-state index contributed by atoms with van der Waals surface area (Å²) in [5.74, 6) is 0. The minimum absolute atomic E-state index is 0.153. The number of ether oxygens (including phenoxy) is 1. The standard InChI is InChI=1S/C9H15NOS/c1-4-8-6-12-9(10-8)7(3)11-5-2/h6-7H,4-5H2,1-3H3. The number of thiazole rings is 1. The Morgan fingerprint density at radius 3 is 2.83 bits per heavy atom. The van der Waals surface area contributed by atoms with Crippen LogP contribution in [0.25, 0.3) is 0 Å². The van der Waals surface area contributed by atoms with Gasteiger partial charge in [0.15, 0.2) is 0 Å². The fraction of sp³-hybridized carbons (Fsp3) is 0.667. The molecule has 0 aliphatic rings. The summed E-state index contributed by atoms with van der Waals surface area (Å²) in [6, 6.07) is 0. The second kappa shape index (κ2) is 4.58. The van der Waals surface area contributed by atoms with E-state index in [2.05, 4.69) is 17.3 Å². The number of hydrogen-bond donors (Lipinski definition) is 0. The summed E-state index contributed by atoms with van der Waals surface area (Å²) in [7, 11) is 0. The topological polar surface area (TPSA) is 22.1 Å². The van der Waals surface area contributed by atoms with Crippen molar-refractivity contribution in [2.75, 3.05) is 6.61 Å². The molecule has 12 heavy (non-hydrogen) atoms. The van der Waals surface area contributed by atoms with E-state index in [1.54, 1.807) is 11.3 Å². The van der Waals surface area contributed by atoms with Crippen LogP contribution in [0, 0.1) is 0 Å². The first-order valence-corrected chi connectivity index (χ1v) is 5.21. The van der Waals surface area contributed by atoms with E-state index < -0.39 is 0 Å². The Morgan fingerprint density at radius 2 is 2.33 bits per heavy atom. The zero-order chi connectivity index (χ0) is 8.97. The highest BCUT2D eigenvalue weighted by Crippen LogP contribution is 2.20. The molecule has 0 aliphatic heterocycles. The molecule has 2 nitrogen and oxygen atoms in total. The average Bonchev–Trinajstić information content (AvgIpc) is 2.52. The Kier molecular flexibility index (Phi) is 3.69. The third-order valence-electron chi connectivity index (χ3n) is 1.70. The van der Waals surface area contributed by atoms with E-state index in [0.717, 1.165) is 18.0 Å². The fourth-order valence-electron chi connectivity index (χ4n) is 0.993. The molecule has 1 aromatic rings. The van der Waals surface area contributed by atoms with Crippen LogP contribution in [0.15, 0.2) is 5.38 Å². The molecule has 0 radical (unpaired) electrons. The quantitative estimate of drug-likeness (QED) is 0.719. The number of nitrogens with zero attached hydrogens (tertiary/aromatic N) is 1. The van der Waals surface area contributed by atoms with Gasteiger partial charge in [-0.2, -0.15) is 0 Å². The van der Waals surface area contributed by atoms with Gasteiger partial charge in [0, 0.05) is 12.0 Å². The van der Waals surface area contributed by atoms with Crippen LogP contribution in [0.2, 0.25) is 0 Å². The molecule has 0 aliphatic carbocycles. The molecule has 3 heteroatoms. The first-order valence-electron chi connectivity index (χ1n) is 4.33. The molecule has 0 bridgehead atoms. The second-order valence-corrected chi connectivity index (χ2v) is 3.52. The molecular formula is C9H15NOS. The van der Waals surface area contributed by atoms with Crippen molar-refractivity contribution in [1.29, 1.82) is 0 Å². The third-order valence-corrected chi connectivity index (χ3v) is 2.75. The van der Waals surface area contributed by atoms with Crippen molar-refractivity contribution in [3.05, 3.63) is 16.1 Å². The van der Waals surface area contributed by atoms with Crippen LogP contribution >= 0.6 is 11.3 Å². The maximum Gasteiger partial charge on any atom is 0.121 e. The molecule has 0 spiro atoms. The highest BCUT2D eigenvalue weighted by molar-refractivity contribution is 7.09. The highest BCUT2D eigenvalue weighted by Gasteiger charge is 2.08. The number of aromatic nitrogens is 1. The molecule has 68 valence electrons. The first kappa shape index (κ1) is 9.68. The van der Waals surface area contributed by atoms with E-state index in [0.29, 0.717) is 0 Å². The predicted molar refractivity (Wildman–Crippen MR) is 51.5 cm³/mol. The molecule has 0 aromatic carbocycles. The van der Waals surface area contributed by atoms with E-state index in [-0.39, 0.29) is 6.10 Å². The SMILES string of the molecule is CCOC(C)c1nc(CC)cs1. The molecule has 0 saturated heterocycles. The number of rotatable bonds is 4. The molecule has 1 rings (SSSR count). The summed E-state index contributed by atoms with van der Waals surface area (Å²) < 4.78 is 5.43. The van der Waals surface area contributed by atoms with E-state index >= 15 is 0 Å². The van der Waals surface area contributed by atoms with Crippen LogP contribution in [-0.4, -0.2) is 11.6 Å². The largest absolute Gasteiger partial charge is 0.372 e. The lowest BCUT2D eigenvalue weighted by Crippen LogP contribution is -1.98. The van der Waals surface area contributed by atoms with Gasteiger partial charge in [0.1, 0.15) is 11.1 Å². The van der Waals surface area contributed by atoms with Crippen molar-refractivity contribution in [1.82, 2.24) is 4.98 Å². The predicted octanol–water partition coefficient (Wildman–Crippen LogP) is 2.80. The Morgan fingerprint density at radius 1 is 1.58 bits per heavy atom. The van der Waals surface area contributed by atoms with Gasteiger partial charge >= 0.3 is 0 Å². The smallest absolute Gasteiger partial charge is 0.121 e. The van der Waals surface area contributed by atoms with Crippen molar-refractivity contribution < 1.29 is 4.74 Å². The molecule has 0 saturated carbocycles. The van der Waals surface area contributed by atoms with Gasteiger partial charge in [0.2, 0.25) is 0 Å². The van der Waals surface area contributed by atoms with Crippen LogP contribution in [0.3, 0.4) is 0 Å². The lowest BCUT2D eigenvalue weighted by atomic mass is 10.4. The van der Waals surface area contributed by atoms with Gasteiger partial charge in [-0.25, -0.2) is 4.98 Å². The Bertz CT molecular complexity index is 234. The zero-order valence-corrected chi connectivity index (χ0v) is 8.65. The van der Waals surface area contributed by atoms with Gasteiger partial charge in [-0.15, -0.1) is 11.3 Å². The molecule has 1 aromatic heterocycles. The van der Waals surface area contributed by atoms with Gasteiger partial charge in [0.05, 0.1) is 5.69 Å². The van der Waals surface area contributed by atoms with Gasteiger partial charge in [0.25, 0.3) is 0 Å². The molecule has 1 atom stereocenters. The van der Waals surface area contributed by atoms with Gasteiger partial charge in [-0.1, -0.05) is 6.92 Å². The Labute approximate surface area is 77.6 Å². The summed E-state index contributed by atoms with van der Waals surface area (Å²) in [4.78, 5) is 4.44. The second-order valence-electron chi connectivity index (χ2n) is 2.63. The lowest BCUT2D eigenvalue weighted by Gasteiger charge is -2.06. The summed E-state index contributed by atoms with van der Waals surface area (Å²) in [6.45, 7) is 6.92. The van der Waals surface area contributed by atoms with Crippen LogP contribution in [0.4, 0.5) is 0 Å². The van der Waals surface area contributed by atoms with Gasteiger partial charge in [-0.3, -0.25) is 0 Å². The third kappa shape index (κ3) is 2.29. The van der Waals surface area contributed by atoms with E-state index in [9.17, 15) is 0 Å². The minimum Gasteiger partial charge on any atom is -0.372 e. The normalized spacial score (nSPS) is 13.2. The molecule has 0 N–H and O–H groups in total. The summed E-state index contributed by atoms with van der Waals surface area (Å²) in [5.41, 5.74) is 1.17. The molecule has 0 amide bonds. The van der Waals surface area contributed by atoms with Crippen molar-refractivity contribution in [2.24, 2.45) is 0 Å². The number of hydrogen-bond acceptors (Lipinski definition) is 3. The molecule has 1 unspecified atom stereocenters. The van der Waals surface area contributed by atoms with Crippen molar-refractivity contribution in [3.63, 3.8) is 0 Å². The molecule has 1 heterocycles. The number of aryl methyl sites for hydroxylation is 1. The van der Waals surface area contributed by atoms with Crippen molar-refractivity contribution in [2.45, 2.75) is 33.3 Å². The summed E-state index contributed by atoms with van der Waals surface area (Å²) in [5, 5.41) is 3.19. The molecule has 0 fully saturated rings. The van der Waals surface area contributed by atoms with E-state index in [1.165, 1.54) is 5.69 Å². The summed E-state index contributed by atoms with van der Waals surface area (Å²) in [6.07, 6.45) is 1.16. The van der Waals surface area contributed by atoms with Crippen molar-refractivity contribution in [3.8, 4) is 0 Å². The lowest BCUT2D eigenvalue weighted by molar-refractivity contribution is 0.0761. The average molecular weight is 185 g/mol. The minimum atomic E-state index is 0.153. The van der Waals surface area contributed by atoms with Crippen LogP contribution < -0.4 is 0 Å². The highest BCUT2D eigenvalue weighted by atomic mass is 32.1.